The van der Waals surface area contributed by atoms with E-state index in [-0.39, 0.29) is 5.41 Å². The fourth-order valence-electron chi connectivity index (χ4n) is 5.45. The third kappa shape index (κ3) is 4.83. The van der Waals surface area contributed by atoms with Gasteiger partial charge in [-0.2, -0.15) is 0 Å². The molecule has 6 aromatic rings. The van der Waals surface area contributed by atoms with Crippen molar-refractivity contribution in [2.45, 2.75) is 26.2 Å². The van der Waals surface area contributed by atoms with Crippen molar-refractivity contribution in [1.82, 2.24) is 4.98 Å². The lowest BCUT2D eigenvalue weighted by molar-refractivity contribution is 0.497. The second kappa shape index (κ2) is 10.1. The lowest BCUT2D eigenvalue weighted by Gasteiger charge is -2.22. The van der Waals surface area contributed by atoms with Gasteiger partial charge in [-0.1, -0.05) is 80.6 Å². The van der Waals surface area contributed by atoms with E-state index in [1.165, 1.54) is 27.3 Å². The van der Waals surface area contributed by atoms with E-state index >= 15 is 0 Å². The van der Waals surface area contributed by atoms with Gasteiger partial charge in [0, 0.05) is 45.4 Å². The topological polar surface area (TPSA) is 28.6 Å². The SMILES string of the molecule is CC(C)(C)c1ccnc(-c2cccc3sc(Oc4cccc(N5CN(c6ccccc6)c6ccccc65)c4)cc23)c1. The number of hydrogen-bond acceptors (Lipinski definition) is 5. The predicted molar refractivity (Wildman–Crippen MR) is 172 cm³/mol. The number of fused-ring (bicyclic) bond motifs is 2. The van der Waals surface area contributed by atoms with Crippen LogP contribution in [0.4, 0.5) is 22.7 Å². The van der Waals surface area contributed by atoms with Gasteiger partial charge < -0.3 is 14.5 Å². The maximum absolute atomic E-state index is 6.49. The van der Waals surface area contributed by atoms with Gasteiger partial charge in [0.05, 0.1) is 17.1 Å². The highest BCUT2D eigenvalue weighted by atomic mass is 32.1. The van der Waals surface area contributed by atoms with Crippen molar-refractivity contribution in [2.75, 3.05) is 16.5 Å². The zero-order valence-corrected chi connectivity index (χ0v) is 24.2. The Hall–Kier alpha value is -4.61. The van der Waals surface area contributed by atoms with Crippen LogP contribution < -0.4 is 14.5 Å². The Kier molecular flexibility index (Phi) is 6.25. The number of ether oxygens (including phenoxy) is 1. The molecule has 202 valence electrons. The summed E-state index contributed by atoms with van der Waals surface area (Å²) in [7, 11) is 0. The lowest BCUT2D eigenvalue weighted by atomic mass is 9.87. The highest BCUT2D eigenvalue weighted by Gasteiger charge is 2.27. The first-order chi connectivity index (χ1) is 19.9. The predicted octanol–water partition coefficient (Wildman–Crippen LogP) is 10.3. The van der Waals surface area contributed by atoms with E-state index in [0.29, 0.717) is 0 Å². The van der Waals surface area contributed by atoms with E-state index in [1.807, 2.05) is 12.3 Å². The van der Waals surface area contributed by atoms with E-state index in [4.69, 9.17) is 9.72 Å². The molecule has 0 spiro atoms. The molecule has 0 amide bonds. The van der Waals surface area contributed by atoms with E-state index in [9.17, 15) is 0 Å². The Bertz CT molecular complexity index is 1850. The first-order valence-electron chi connectivity index (χ1n) is 13.9. The molecule has 5 heteroatoms. The maximum atomic E-state index is 6.49. The van der Waals surface area contributed by atoms with Crippen LogP contribution in [-0.4, -0.2) is 11.7 Å². The van der Waals surface area contributed by atoms with Crippen LogP contribution in [0.1, 0.15) is 26.3 Å². The van der Waals surface area contributed by atoms with E-state index < -0.39 is 0 Å². The van der Waals surface area contributed by atoms with Gasteiger partial charge in [-0.15, -0.1) is 0 Å². The summed E-state index contributed by atoms with van der Waals surface area (Å²) >= 11 is 1.66. The van der Waals surface area contributed by atoms with Gasteiger partial charge in [0.25, 0.3) is 0 Å². The van der Waals surface area contributed by atoms with E-state index in [1.54, 1.807) is 11.3 Å². The molecule has 7 rings (SSSR count). The Morgan fingerprint density at radius 3 is 2.20 bits per heavy atom. The number of benzene rings is 4. The monoisotopic (exact) mass is 553 g/mol. The summed E-state index contributed by atoms with van der Waals surface area (Å²) in [5.41, 5.74) is 8.12. The van der Waals surface area contributed by atoms with Gasteiger partial charge in [0.1, 0.15) is 12.4 Å². The van der Waals surface area contributed by atoms with Crippen molar-refractivity contribution in [2.24, 2.45) is 0 Å². The molecular formula is C36H31N3OS. The summed E-state index contributed by atoms with van der Waals surface area (Å²) in [5, 5.41) is 2.03. The molecule has 0 aliphatic carbocycles. The van der Waals surface area contributed by atoms with Crippen LogP contribution in [0.2, 0.25) is 0 Å². The molecule has 0 fully saturated rings. The van der Waals surface area contributed by atoms with Crippen molar-refractivity contribution in [3.05, 3.63) is 127 Å². The van der Waals surface area contributed by atoms with Gasteiger partial charge in [-0.05, 0) is 65.6 Å². The molecule has 0 N–H and O–H groups in total. The number of pyridine rings is 1. The molecular weight excluding hydrogens is 522 g/mol. The molecule has 0 saturated heterocycles. The van der Waals surface area contributed by atoms with Gasteiger partial charge in [-0.3, -0.25) is 4.98 Å². The molecule has 3 heterocycles. The molecule has 4 aromatic carbocycles. The second-order valence-corrected chi connectivity index (χ2v) is 12.4. The second-order valence-electron chi connectivity index (χ2n) is 11.4. The van der Waals surface area contributed by atoms with Gasteiger partial charge >= 0.3 is 0 Å². The number of aromatic nitrogens is 1. The van der Waals surface area contributed by atoms with E-state index in [2.05, 4.69) is 140 Å². The number of para-hydroxylation sites is 3. The van der Waals surface area contributed by atoms with Crippen molar-refractivity contribution >= 4 is 44.2 Å². The lowest BCUT2D eigenvalue weighted by Crippen LogP contribution is -2.23. The third-order valence-corrected chi connectivity index (χ3v) is 8.58. The largest absolute Gasteiger partial charge is 0.447 e. The molecule has 1 aliphatic rings. The fraction of sp³-hybridized carbons (Fsp3) is 0.139. The first-order valence-corrected chi connectivity index (χ1v) is 14.7. The molecule has 4 nitrogen and oxygen atoms in total. The molecule has 0 saturated carbocycles. The average Bonchev–Trinajstić information content (AvgIpc) is 3.59. The summed E-state index contributed by atoms with van der Waals surface area (Å²) in [6.07, 6.45) is 1.92. The Labute approximate surface area is 245 Å². The summed E-state index contributed by atoms with van der Waals surface area (Å²) in [6.45, 7) is 7.44. The van der Waals surface area contributed by atoms with Crippen LogP contribution >= 0.6 is 11.3 Å². The highest BCUT2D eigenvalue weighted by molar-refractivity contribution is 7.20. The van der Waals surface area contributed by atoms with Gasteiger partial charge in [-0.25, -0.2) is 0 Å². The maximum Gasteiger partial charge on any atom is 0.182 e. The molecule has 0 bridgehead atoms. The van der Waals surface area contributed by atoms with Gasteiger partial charge in [0.15, 0.2) is 5.06 Å². The molecule has 1 aliphatic heterocycles. The zero-order valence-electron chi connectivity index (χ0n) is 23.4. The Morgan fingerprint density at radius 2 is 1.41 bits per heavy atom. The van der Waals surface area contributed by atoms with Crippen LogP contribution in [0.3, 0.4) is 0 Å². The minimum absolute atomic E-state index is 0.0630. The third-order valence-electron chi connectivity index (χ3n) is 7.60. The molecule has 0 atom stereocenters. The smallest absolute Gasteiger partial charge is 0.182 e. The van der Waals surface area contributed by atoms with Crippen molar-refractivity contribution in [1.29, 1.82) is 0 Å². The van der Waals surface area contributed by atoms with Crippen LogP contribution in [0.5, 0.6) is 10.8 Å². The number of rotatable bonds is 5. The van der Waals surface area contributed by atoms with E-state index in [0.717, 1.165) is 39.8 Å². The Morgan fingerprint density at radius 1 is 0.707 bits per heavy atom. The summed E-state index contributed by atoms with van der Waals surface area (Å²) < 4.78 is 7.67. The number of anilines is 4. The Balaban J connectivity index is 1.19. The highest BCUT2D eigenvalue weighted by Crippen LogP contribution is 2.45. The minimum Gasteiger partial charge on any atom is -0.447 e. The van der Waals surface area contributed by atoms with Crippen molar-refractivity contribution in [3.8, 4) is 22.1 Å². The molecule has 41 heavy (non-hydrogen) atoms. The standard InChI is InChI=1S/C36H31N3OS/c1-36(2,3)25-19-20-37-31(21-25)29-15-10-18-34-30(29)23-35(41-34)40-28-14-9-13-27(22-28)39-24-38(26-11-5-4-6-12-26)32-16-7-8-17-33(32)39/h4-23H,24H2,1-3H3. The van der Waals surface area contributed by atoms with Crippen LogP contribution in [0.25, 0.3) is 21.3 Å². The van der Waals surface area contributed by atoms with Crippen LogP contribution in [0.15, 0.2) is 121 Å². The summed E-state index contributed by atoms with van der Waals surface area (Å²) in [4.78, 5) is 9.41. The number of nitrogens with zero attached hydrogens (tertiary/aromatic N) is 3. The molecule has 0 unspecified atom stereocenters. The van der Waals surface area contributed by atoms with Crippen molar-refractivity contribution < 1.29 is 4.74 Å². The fourth-order valence-corrected chi connectivity index (χ4v) is 6.41. The minimum atomic E-state index is 0.0630. The summed E-state index contributed by atoms with van der Waals surface area (Å²) in [6, 6.07) is 40.4. The number of thiophene rings is 1. The molecule has 2 aromatic heterocycles. The summed E-state index contributed by atoms with van der Waals surface area (Å²) in [5.74, 6) is 0.819. The first kappa shape index (κ1) is 25.4. The normalized spacial score (nSPS) is 13.0. The molecule has 0 radical (unpaired) electrons. The van der Waals surface area contributed by atoms with Crippen LogP contribution in [-0.2, 0) is 5.41 Å². The zero-order chi connectivity index (χ0) is 28.0. The average molecular weight is 554 g/mol. The van der Waals surface area contributed by atoms with Gasteiger partial charge in [0.2, 0.25) is 0 Å². The number of hydrogen-bond donors (Lipinski definition) is 0. The van der Waals surface area contributed by atoms with Crippen LogP contribution in [0, 0.1) is 0 Å². The quantitative estimate of drug-likeness (QED) is 0.212. The van der Waals surface area contributed by atoms with Crippen molar-refractivity contribution in [3.63, 3.8) is 0 Å².